The lowest BCUT2D eigenvalue weighted by Gasteiger charge is -2.23. The van der Waals surface area contributed by atoms with Crippen molar-refractivity contribution in [1.29, 1.82) is 4.78 Å². The van der Waals surface area contributed by atoms with Gasteiger partial charge in [0.1, 0.15) is 15.2 Å². The van der Waals surface area contributed by atoms with Crippen molar-refractivity contribution in [2.75, 3.05) is 6.54 Å². The van der Waals surface area contributed by atoms with Gasteiger partial charge in [0.05, 0.1) is 0 Å². The molecule has 1 fully saturated rings. The van der Waals surface area contributed by atoms with Crippen LogP contribution in [0.5, 0.6) is 0 Å². The molecule has 0 amide bonds. The Morgan fingerprint density at radius 2 is 2.54 bits per heavy atom. The van der Waals surface area contributed by atoms with Crippen LogP contribution < -0.4 is 10.6 Å². The standard InChI is InChI=1S/C6H11N5OS/c7-13(8,12)5-4-10-11-3-1-2-9-6(5)11/h1-3,5-6,10H,4H2,(H3,7,8,12). The van der Waals surface area contributed by atoms with Crippen LogP contribution in [0.15, 0.2) is 17.3 Å². The lowest BCUT2D eigenvalue weighted by molar-refractivity contribution is 0.280. The molecule has 0 saturated carbocycles. The van der Waals surface area contributed by atoms with Crippen molar-refractivity contribution in [3.63, 3.8) is 0 Å². The number of nitrogens with two attached hydrogens (primary N) is 1. The van der Waals surface area contributed by atoms with E-state index < -0.39 is 15.2 Å². The molecule has 7 heteroatoms. The monoisotopic (exact) mass is 201 g/mol. The van der Waals surface area contributed by atoms with Gasteiger partial charge in [0, 0.05) is 19.0 Å². The van der Waals surface area contributed by atoms with E-state index in [4.69, 9.17) is 9.92 Å². The summed E-state index contributed by atoms with van der Waals surface area (Å²) in [7, 11) is -3.02. The minimum atomic E-state index is -3.02. The highest BCUT2D eigenvalue weighted by molar-refractivity contribution is 7.90. The smallest absolute Gasteiger partial charge is 0.152 e. The summed E-state index contributed by atoms with van der Waals surface area (Å²) in [5.41, 5.74) is 2.97. The van der Waals surface area contributed by atoms with Crippen molar-refractivity contribution < 1.29 is 4.21 Å². The zero-order valence-electron chi connectivity index (χ0n) is 6.88. The largest absolute Gasteiger partial charge is 0.290 e. The molecule has 4 N–H and O–H groups in total. The molecule has 0 spiro atoms. The van der Waals surface area contributed by atoms with Gasteiger partial charge in [-0.05, 0) is 6.08 Å². The molecule has 13 heavy (non-hydrogen) atoms. The number of rotatable bonds is 1. The van der Waals surface area contributed by atoms with Gasteiger partial charge in [-0.15, -0.1) is 0 Å². The molecule has 2 aliphatic rings. The molecule has 1 saturated heterocycles. The number of fused-ring (bicyclic) bond motifs is 1. The van der Waals surface area contributed by atoms with E-state index in [9.17, 15) is 4.21 Å². The molecule has 3 unspecified atom stereocenters. The van der Waals surface area contributed by atoms with E-state index in [0.717, 1.165) is 0 Å². The average Bonchev–Trinajstić information content (AvgIpc) is 2.45. The Hall–Kier alpha value is -0.920. The first kappa shape index (κ1) is 8.67. The maximum absolute atomic E-state index is 11.3. The molecule has 0 aliphatic carbocycles. The van der Waals surface area contributed by atoms with Gasteiger partial charge in [-0.25, -0.2) is 19.6 Å². The third-order valence-corrected chi connectivity index (χ3v) is 3.42. The molecular formula is C6H11N5OS. The molecule has 0 radical (unpaired) electrons. The van der Waals surface area contributed by atoms with Gasteiger partial charge in [0.25, 0.3) is 0 Å². The molecule has 2 rings (SSSR count). The van der Waals surface area contributed by atoms with Crippen LogP contribution >= 0.6 is 0 Å². The number of nitrogens with zero attached hydrogens (tertiary/aromatic N) is 2. The summed E-state index contributed by atoms with van der Waals surface area (Å²) in [5, 5.41) is 6.57. The van der Waals surface area contributed by atoms with Crippen LogP contribution in [-0.2, 0) is 9.92 Å². The van der Waals surface area contributed by atoms with Crippen molar-refractivity contribution in [3.8, 4) is 0 Å². The molecular weight excluding hydrogens is 190 g/mol. The van der Waals surface area contributed by atoms with Gasteiger partial charge in [-0.1, -0.05) is 0 Å². The summed E-state index contributed by atoms with van der Waals surface area (Å²) in [4.78, 5) is 4.11. The minimum Gasteiger partial charge on any atom is -0.290 e. The van der Waals surface area contributed by atoms with Crippen LogP contribution in [0.3, 0.4) is 0 Å². The number of allylic oxidation sites excluding steroid dienone is 1. The second kappa shape index (κ2) is 2.79. The number of hydrazine groups is 1. The Balaban J connectivity index is 2.28. The van der Waals surface area contributed by atoms with Gasteiger partial charge in [0.2, 0.25) is 0 Å². The van der Waals surface area contributed by atoms with Crippen LogP contribution in [0.1, 0.15) is 0 Å². The molecule has 2 heterocycles. The van der Waals surface area contributed by atoms with Crippen LogP contribution in [0.25, 0.3) is 0 Å². The highest BCUT2D eigenvalue weighted by Crippen LogP contribution is 2.18. The van der Waals surface area contributed by atoms with Crippen LogP contribution in [0, 0.1) is 4.78 Å². The van der Waals surface area contributed by atoms with Crippen molar-refractivity contribution >= 4 is 16.1 Å². The molecule has 0 bridgehead atoms. The van der Waals surface area contributed by atoms with Gasteiger partial charge in [-0.2, -0.15) is 0 Å². The maximum atomic E-state index is 11.3. The van der Waals surface area contributed by atoms with E-state index >= 15 is 0 Å². The topological polar surface area (TPSA) is 94.6 Å². The molecule has 72 valence electrons. The predicted octanol–water partition coefficient (Wildman–Crippen LogP) is -0.980. The van der Waals surface area contributed by atoms with Crippen molar-refractivity contribution in [1.82, 2.24) is 10.4 Å². The minimum absolute atomic E-state index is 0.292. The normalized spacial score (nSPS) is 35.9. The highest BCUT2D eigenvalue weighted by atomic mass is 32.2. The van der Waals surface area contributed by atoms with Gasteiger partial charge in [-0.3, -0.25) is 10.0 Å². The van der Waals surface area contributed by atoms with Crippen molar-refractivity contribution in [2.24, 2.45) is 10.1 Å². The lowest BCUT2D eigenvalue weighted by Crippen LogP contribution is -2.40. The van der Waals surface area contributed by atoms with Gasteiger partial charge >= 0.3 is 0 Å². The third-order valence-electron chi connectivity index (χ3n) is 2.11. The zero-order chi connectivity index (χ0) is 9.47. The Morgan fingerprint density at radius 3 is 3.23 bits per heavy atom. The fraction of sp³-hybridized carbons (Fsp3) is 0.500. The lowest BCUT2D eigenvalue weighted by atomic mass is 10.3. The maximum Gasteiger partial charge on any atom is 0.152 e. The SMILES string of the molecule is N=S(N)(=O)C1CNN2C=CC=NC12. The Bertz CT molecular complexity index is 359. The summed E-state index contributed by atoms with van der Waals surface area (Å²) in [6, 6.07) is 0. The second-order valence-corrected chi connectivity index (χ2v) is 4.91. The molecule has 0 aromatic rings. The summed E-state index contributed by atoms with van der Waals surface area (Å²) >= 11 is 0. The van der Waals surface area contributed by atoms with Crippen molar-refractivity contribution in [3.05, 3.63) is 12.3 Å². The Labute approximate surface area is 76.6 Å². The molecule has 0 aromatic heterocycles. The summed E-state index contributed by atoms with van der Waals surface area (Å²) in [6.45, 7) is 0.436. The van der Waals surface area contributed by atoms with Gasteiger partial charge < -0.3 is 0 Å². The third kappa shape index (κ3) is 1.45. The zero-order valence-corrected chi connectivity index (χ0v) is 7.70. The Morgan fingerprint density at radius 1 is 1.77 bits per heavy atom. The quantitative estimate of drug-likeness (QED) is 0.509. The Kier molecular flexibility index (Phi) is 1.86. The van der Waals surface area contributed by atoms with E-state index in [0.29, 0.717) is 6.54 Å². The average molecular weight is 201 g/mol. The fourth-order valence-electron chi connectivity index (χ4n) is 1.46. The summed E-state index contributed by atoms with van der Waals surface area (Å²) in [5.74, 6) is 0. The van der Waals surface area contributed by atoms with Crippen LogP contribution in [0.4, 0.5) is 0 Å². The van der Waals surface area contributed by atoms with E-state index in [2.05, 4.69) is 10.4 Å². The van der Waals surface area contributed by atoms with Gasteiger partial charge in [0.15, 0.2) is 6.17 Å². The number of hydrogen-bond acceptors (Lipinski definition) is 5. The van der Waals surface area contributed by atoms with E-state index in [-0.39, 0.29) is 6.17 Å². The van der Waals surface area contributed by atoms with E-state index in [1.165, 1.54) is 0 Å². The highest BCUT2D eigenvalue weighted by Gasteiger charge is 2.38. The molecule has 0 aromatic carbocycles. The predicted molar refractivity (Wildman–Crippen MR) is 50.1 cm³/mol. The number of hydrogen-bond donors (Lipinski definition) is 3. The first-order valence-electron chi connectivity index (χ1n) is 3.86. The number of nitrogens with one attached hydrogen (secondary N) is 2. The molecule has 6 nitrogen and oxygen atoms in total. The summed E-state index contributed by atoms with van der Waals surface area (Å²) < 4.78 is 18.6. The molecule has 2 aliphatic heterocycles. The second-order valence-electron chi connectivity index (χ2n) is 3.01. The first-order chi connectivity index (χ1) is 6.09. The number of aliphatic imine (C=N–C) groups is 1. The first-order valence-corrected chi connectivity index (χ1v) is 5.54. The van der Waals surface area contributed by atoms with E-state index in [1.807, 2.05) is 0 Å². The molecule has 3 atom stereocenters. The fourth-order valence-corrected chi connectivity index (χ4v) is 2.34. The van der Waals surface area contributed by atoms with E-state index in [1.54, 1.807) is 23.5 Å². The van der Waals surface area contributed by atoms with Crippen LogP contribution in [-0.4, -0.2) is 33.4 Å². The van der Waals surface area contributed by atoms with Crippen molar-refractivity contribution in [2.45, 2.75) is 11.4 Å². The summed E-state index contributed by atoms with van der Waals surface area (Å²) in [6.07, 6.45) is 4.91. The van der Waals surface area contributed by atoms with Crippen LogP contribution in [0.2, 0.25) is 0 Å².